The molecule has 0 aliphatic carbocycles. The Kier molecular flexibility index (Phi) is 5.00. The smallest absolute Gasteiger partial charge is 0.0596 e. The average Bonchev–Trinajstić information content (AvgIpc) is 2.52. The number of aromatic nitrogens is 2. The fraction of sp³-hybridized carbons (Fsp3) is 0.769. The van der Waals surface area contributed by atoms with Crippen molar-refractivity contribution in [2.75, 3.05) is 7.05 Å². The van der Waals surface area contributed by atoms with E-state index in [1.54, 1.807) is 0 Å². The van der Waals surface area contributed by atoms with Gasteiger partial charge < -0.3 is 5.32 Å². The van der Waals surface area contributed by atoms with Gasteiger partial charge in [0.1, 0.15) is 0 Å². The Morgan fingerprint density at radius 2 is 2.12 bits per heavy atom. The van der Waals surface area contributed by atoms with Crippen LogP contribution in [-0.2, 0) is 13.5 Å². The normalized spacial score (nSPS) is 13.4. The summed E-state index contributed by atoms with van der Waals surface area (Å²) in [4.78, 5) is 0. The van der Waals surface area contributed by atoms with E-state index < -0.39 is 0 Å². The number of nitrogens with zero attached hydrogens (tertiary/aromatic N) is 2. The van der Waals surface area contributed by atoms with Crippen LogP contribution in [0.3, 0.4) is 0 Å². The first-order valence-electron chi connectivity index (χ1n) is 6.21. The minimum absolute atomic E-state index is 0.634. The van der Waals surface area contributed by atoms with E-state index in [1.807, 2.05) is 18.7 Å². The van der Waals surface area contributed by atoms with Crippen molar-refractivity contribution in [3.63, 3.8) is 0 Å². The van der Waals surface area contributed by atoms with E-state index >= 15 is 0 Å². The van der Waals surface area contributed by atoms with E-state index in [4.69, 9.17) is 0 Å². The second-order valence-electron chi connectivity index (χ2n) is 4.93. The topological polar surface area (TPSA) is 29.9 Å². The van der Waals surface area contributed by atoms with E-state index in [2.05, 4.69) is 37.4 Å². The quantitative estimate of drug-likeness (QED) is 0.802. The Labute approximate surface area is 99.2 Å². The molecule has 92 valence electrons. The molecule has 0 aliphatic heterocycles. The first kappa shape index (κ1) is 13.2. The predicted molar refractivity (Wildman–Crippen MR) is 68.6 cm³/mol. The highest BCUT2D eigenvalue weighted by atomic mass is 15.3. The molecule has 0 amide bonds. The summed E-state index contributed by atoms with van der Waals surface area (Å²) in [7, 11) is 4.08. The molecular formula is C13H25N3. The first-order valence-corrected chi connectivity index (χ1v) is 6.21. The van der Waals surface area contributed by atoms with Crippen molar-refractivity contribution in [1.82, 2.24) is 15.1 Å². The summed E-state index contributed by atoms with van der Waals surface area (Å²) in [6.45, 7) is 6.60. The van der Waals surface area contributed by atoms with Crippen LogP contribution < -0.4 is 5.32 Å². The fourth-order valence-corrected chi connectivity index (χ4v) is 2.21. The highest BCUT2D eigenvalue weighted by molar-refractivity contribution is 5.08. The lowest BCUT2D eigenvalue weighted by molar-refractivity contribution is 0.392. The Balaban J connectivity index is 2.38. The summed E-state index contributed by atoms with van der Waals surface area (Å²) in [5, 5.41) is 7.75. The van der Waals surface area contributed by atoms with Crippen LogP contribution in [-0.4, -0.2) is 22.9 Å². The van der Waals surface area contributed by atoms with Crippen LogP contribution >= 0.6 is 0 Å². The maximum absolute atomic E-state index is 4.37. The molecule has 0 bridgehead atoms. The molecule has 0 saturated heterocycles. The molecule has 0 saturated carbocycles. The molecule has 1 N–H and O–H groups in total. The largest absolute Gasteiger partial charge is 0.317 e. The summed E-state index contributed by atoms with van der Waals surface area (Å²) >= 11 is 0. The summed E-state index contributed by atoms with van der Waals surface area (Å²) in [6, 6.07) is 2.82. The van der Waals surface area contributed by atoms with Crippen molar-refractivity contribution in [3.8, 4) is 0 Å². The standard InChI is InChI=1S/C13H25N3/c1-10(2)13(14-4)8-6-7-12-9-11(3)15-16(12)5/h9-10,13-14H,6-8H2,1-5H3. The van der Waals surface area contributed by atoms with Crippen LogP contribution in [0, 0.1) is 12.8 Å². The van der Waals surface area contributed by atoms with E-state index in [9.17, 15) is 0 Å². The molecule has 0 aromatic carbocycles. The van der Waals surface area contributed by atoms with Gasteiger partial charge in [-0.3, -0.25) is 4.68 Å². The third-order valence-corrected chi connectivity index (χ3v) is 3.22. The molecule has 1 heterocycles. The molecular weight excluding hydrogens is 198 g/mol. The zero-order valence-corrected chi connectivity index (χ0v) is 11.2. The highest BCUT2D eigenvalue weighted by Gasteiger charge is 2.10. The van der Waals surface area contributed by atoms with E-state index in [0.717, 1.165) is 12.1 Å². The summed E-state index contributed by atoms with van der Waals surface area (Å²) in [5.41, 5.74) is 2.46. The molecule has 1 atom stereocenters. The molecule has 1 unspecified atom stereocenters. The van der Waals surface area contributed by atoms with Gasteiger partial charge in [0, 0.05) is 18.8 Å². The summed E-state index contributed by atoms with van der Waals surface area (Å²) in [6.07, 6.45) is 3.59. The maximum atomic E-state index is 4.37. The number of aryl methyl sites for hydroxylation is 3. The van der Waals surface area contributed by atoms with Gasteiger partial charge in [0.25, 0.3) is 0 Å². The summed E-state index contributed by atoms with van der Waals surface area (Å²) in [5.74, 6) is 0.707. The van der Waals surface area contributed by atoms with Crippen LogP contribution in [0.2, 0.25) is 0 Å². The SMILES string of the molecule is CNC(CCCc1cc(C)nn1C)C(C)C. The van der Waals surface area contributed by atoms with Crippen LogP contribution in [0.4, 0.5) is 0 Å². The Hall–Kier alpha value is -0.830. The second-order valence-corrected chi connectivity index (χ2v) is 4.93. The van der Waals surface area contributed by atoms with Gasteiger partial charge in [-0.15, -0.1) is 0 Å². The van der Waals surface area contributed by atoms with Crippen molar-refractivity contribution in [1.29, 1.82) is 0 Å². The van der Waals surface area contributed by atoms with Gasteiger partial charge >= 0.3 is 0 Å². The lowest BCUT2D eigenvalue weighted by atomic mass is 9.98. The molecule has 0 radical (unpaired) electrons. The van der Waals surface area contributed by atoms with Gasteiger partial charge in [0.15, 0.2) is 0 Å². The minimum atomic E-state index is 0.634. The zero-order chi connectivity index (χ0) is 12.1. The van der Waals surface area contributed by atoms with E-state index in [1.165, 1.54) is 18.5 Å². The van der Waals surface area contributed by atoms with Crippen molar-refractivity contribution in [2.24, 2.45) is 13.0 Å². The van der Waals surface area contributed by atoms with Gasteiger partial charge in [-0.25, -0.2) is 0 Å². The van der Waals surface area contributed by atoms with Gasteiger partial charge in [0.2, 0.25) is 0 Å². The lowest BCUT2D eigenvalue weighted by Crippen LogP contribution is -2.30. The predicted octanol–water partition coefficient (Wildman–Crippen LogP) is 2.30. The number of rotatable bonds is 6. The highest BCUT2D eigenvalue weighted by Crippen LogP contribution is 2.12. The van der Waals surface area contributed by atoms with Gasteiger partial charge in [-0.2, -0.15) is 5.10 Å². The van der Waals surface area contributed by atoms with Gasteiger partial charge in [-0.05, 0) is 45.2 Å². The van der Waals surface area contributed by atoms with Crippen LogP contribution in [0.1, 0.15) is 38.1 Å². The molecule has 0 fully saturated rings. The summed E-state index contributed by atoms with van der Waals surface area (Å²) < 4.78 is 2.00. The van der Waals surface area contributed by atoms with Crippen molar-refractivity contribution in [2.45, 2.75) is 46.1 Å². The molecule has 1 rings (SSSR count). The molecule has 1 aromatic rings. The van der Waals surface area contributed by atoms with Crippen molar-refractivity contribution in [3.05, 3.63) is 17.5 Å². The Morgan fingerprint density at radius 3 is 2.56 bits per heavy atom. The van der Waals surface area contributed by atoms with Crippen LogP contribution in [0.5, 0.6) is 0 Å². The minimum Gasteiger partial charge on any atom is -0.317 e. The lowest BCUT2D eigenvalue weighted by Gasteiger charge is -2.19. The first-order chi connectivity index (χ1) is 7.54. The molecule has 0 aliphatic rings. The average molecular weight is 223 g/mol. The van der Waals surface area contributed by atoms with Gasteiger partial charge in [-0.1, -0.05) is 13.8 Å². The third kappa shape index (κ3) is 3.63. The molecule has 1 aromatic heterocycles. The van der Waals surface area contributed by atoms with Crippen molar-refractivity contribution >= 4 is 0 Å². The third-order valence-electron chi connectivity index (χ3n) is 3.22. The monoisotopic (exact) mass is 223 g/mol. The van der Waals surface area contributed by atoms with Crippen LogP contribution in [0.15, 0.2) is 6.07 Å². The van der Waals surface area contributed by atoms with E-state index in [-0.39, 0.29) is 0 Å². The maximum Gasteiger partial charge on any atom is 0.0596 e. The Morgan fingerprint density at radius 1 is 1.44 bits per heavy atom. The number of nitrogens with one attached hydrogen (secondary N) is 1. The molecule has 3 nitrogen and oxygen atoms in total. The van der Waals surface area contributed by atoms with E-state index in [0.29, 0.717) is 12.0 Å². The van der Waals surface area contributed by atoms with Crippen LogP contribution in [0.25, 0.3) is 0 Å². The molecule has 3 heteroatoms. The molecule has 16 heavy (non-hydrogen) atoms. The number of hydrogen-bond donors (Lipinski definition) is 1. The second kappa shape index (κ2) is 6.04. The number of hydrogen-bond acceptors (Lipinski definition) is 2. The fourth-order valence-electron chi connectivity index (χ4n) is 2.21. The molecule has 0 spiro atoms. The van der Waals surface area contributed by atoms with Crippen molar-refractivity contribution < 1.29 is 0 Å². The zero-order valence-electron chi connectivity index (χ0n) is 11.2. The Bertz CT molecular complexity index is 315. The van der Waals surface area contributed by atoms with Gasteiger partial charge in [0.05, 0.1) is 5.69 Å².